The second-order valence-corrected chi connectivity index (χ2v) is 8.44. The van der Waals surface area contributed by atoms with Crippen LogP contribution in [0.5, 0.6) is 17.2 Å². The van der Waals surface area contributed by atoms with Crippen LogP contribution in [0.2, 0.25) is 0 Å². The highest BCUT2D eigenvalue weighted by molar-refractivity contribution is 6.04. The van der Waals surface area contributed by atoms with E-state index in [1.807, 2.05) is 29.2 Å². The van der Waals surface area contributed by atoms with E-state index in [4.69, 9.17) is 14.2 Å². The number of nitrogens with one attached hydrogen (secondary N) is 2. The van der Waals surface area contributed by atoms with Gasteiger partial charge in [0.15, 0.2) is 11.5 Å². The molecule has 1 fully saturated rings. The molecule has 0 bridgehead atoms. The Balaban J connectivity index is 1.58. The summed E-state index contributed by atoms with van der Waals surface area (Å²) >= 11 is 0. The van der Waals surface area contributed by atoms with Crippen LogP contribution >= 0.6 is 0 Å². The maximum absolute atomic E-state index is 12.8. The Morgan fingerprint density at radius 3 is 2.48 bits per heavy atom. The molecule has 1 saturated carbocycles. The van der Waals surface area contributed by atoms with Gasteiger partial charge in [0, 0.05) is 23.7 Å². The van der Waals surface area contributed by atoms with Gasteiger partial charge in [0.1, 0.15) is 0 Å². The molecule has 0 unspecified atom stereocenters. The van der Waals surface area contributed by atoms with Crippen LogP contribution in [0.1, 0.15) is 48.0 Å². The van der Waals surface area contributed by atoms with E-state index < -0.39 is 0 Å². The lowest BCUT2D eigenvalue weighted by molar-refractivity contribution is -0.115. The van der Waals surface area contributed by atoms with E-state index in [-0.39, 0.29) is 24.4 Å². The highest BCUT2D eigenvalue weighted by Gasteiger charge is 2.26. The molecule has 1 aliphatic heterocycles. The smallest absolute Gasteiger partial charge is 0.251 e. The van der Waals surface area contributed by atoms with Crippen molar-refractivity contribution in [2.75, 3.05) is 38.1 Å². The molecule has 176 valence electrons. The quantitative estimate of drug-likeness (QED) is 0.664. The van der Waals surface area contributed by atoms with Gasteiger partial charge < -0.3 is 29.7 Å². The minimum Gasteiger partial charge on any atom is -0.493 e. The highest BCUT2D eigenvalue weighted by atomic mass is 16.5. The summed E-state index contributed by atoms with van der Waals surface area (Å²) in [5, 5.41) is 6.04. The predicted molar refractivity (Wildman–Crippen MR) is 127 cm³/mol. The summed E-state index contributed by atoms with van der Waals surface area (Å²) in [5.41, 5.74) is 2.88. The number of carbonyl (C=O) groups is 2. The van der Waals surface area contributed by atoms with Crippen molar-refractivity contribution in [1.29, 1.82) is 0 Å². The molecule has 2 amide bonds. The maximum Gasteiger partial charge on any atom is 0.251 e. The molecule has 2 N–H and O–H groups in total. The van der Waals surface area contributed by atoms with Gasteiger partial charge in [-0.25, -0.2) is 0 Å². The summed E-state index contributed by atoms with van der Waals surface area (Å²) in [7, 11) is 4.72. The number of anilines is 2. The van der Waals surface area contributed by atoms with Crippen molar-refractivity contribution >= 4 is 23.2 Å². The lowest BCUT2D eigenvalue weighted by atomic mass is 9.95. The molecular weight excluding hydrogens is 422 g/mol. The zero-order chi connectivity index (χ0) is 23.4. The first kappa shape index (κ1) is 22.8. The van der Waals surface area contributed by atoms with Crippen LogP contribution in [-0.2, 0) is 11.3 Å². The lowest BCUT2D eigenvalue weighted by Crippen LogP contribution is -2.38. The molecule has 2 aliphatic rings. The zero-order valence-corrected chi connectivity index (χ0v) is 19.4. The Bertz CT molecular complexity index is 1030. The van der Waals surface area contributed by atoms with Crippen LogP contribution in [0.3, 0.4) is 0 Å². The van der Waals surface area contributed by atoms with E-state index in [1.165, 1.54) is 6.42 Å². The van der Waals surface area contributed by atoms with Gasteiger partial charge in [0.2, 0.25) is 11.7 Å². The molecule has 1 heterocycles. The summed E-state index contributed by atoms with van der Waals surface area (Å²) in [4.78, 5) is 27.2. The summed E-state index contributed by atoms with van der Waals surface area (Å²) in [6.45, 7) is 0.621. The number of carbonyl (C=O) groups excluding carboxylic acids is 2. The zero-order valence-electron chi connectivity index (χ0n) is 19.4. The summed E-state index contributed by atoms with van der Waals surface area (Å²) in [5.74, 6) is 1.41. The molecule has 0 saturated heterocycles. The first-order chi connectivity index (χ1) is 16.0. The van der Waals surface area contributed by atoms with Crippen LogP contribution in [0.25, 0.3) is 0 Å². The van der Waals surface area contributed by atoms with Crippen LogP contribution in [-0.4, -0.2) is 45.7 Å². The Morgan fingerprint density at radius 2 is 1.79 bits per heavy atom. The number of methoxy groups -OCH3 is 3. The fourth-order valence-corrected chi connectivity index (χ4v) is 4.65. The molecule has 1 aliphatic carbocycles. The number of benzene rings is 2. The number of ether oxygens (including phenoxy) is 3. The van der Waals surface area contributed by atoms with Crippen molar-refractivity contribution in [3.63, 3.8) is 0 Å². The van der Waals surface area contributed by atoms with Crippen LogP contribution in [0.4, 0.5) is 11.4 Å². The normalized spacial score (nSPS) is 16.0. The van der Waals surface area contributed by atoms with Gasteiger partial charge in [0.25, 0.3) is 5.91 Å². The molecule has 8 heteroatoms. The van der Waals surface area contributed by atoms with Crippen molar-refractivity contribution in [2.24, 2.45) is 0 Å². The van der Waals surface area contributed by atoms with Crippen LogP contribution in [0, 0.1) is 0 Å². The van der Waals surface area contributed by atoms with Crippen LogP contribution < -0.4 is 29.7 Å². The van der Waals surface area contributed by atoms with Crippen molar-refractivity contribution in [3.8, 4) is 17.2 Å². The summed E-state index contributed by atoms with van der Waals surface area (Å²) in [6.07, 6.45) is 5.58. The van der Waals surface area contributed by atoms with E-state index >= 15 is 0 Å². The Kier molecular flexibility index (Phi) is 6.91. The molecule has 4 rings (SSSR count). The number of amides is 2. The third-order valence-electron chi connectivity index (χ3n) is 6.30. The van der Waals surface area contributed by atoms with Gasteiger partial charge in [-0.1, -0.05) is 19.3 Å². The van der Waals surface area contributed by atoms with Crippen molar-refractivity contribution in [2.45, 2.75) is 44.7 Å². The third-order valence-corrected chi connectivity index (χ3v) is 6.30. The fraction of sp³-hybridized carbons (Fsp3) is 0.440. The molecule has 2 aromatic rings. The maximum atomic E-state index is 12.8. The van der Waals surface area contributed by atoms with Crippen molar-refractivity contribution in [3.05, 3.63) is 41.5 Å². The van der Waals surface area contributed by atoms with Gasteiger partial charge >= 0.3 is 0 Å². The first-order valence-corrected chi connectivity index (χ1v) is 11.3. The molecule has 0 spiro atoms. The Hall–Kier alpha value is -3.42. The van der Waals surface area contributed by atoms with E-state index in [0.29, 0.717) is 35.0 Å². The van der Waals surface area contributed by atoms with Gasteiger partial charge in [-0.3, -0.25) is 9.59 Å². The molecule has 2 aromatic carbocycles. The fourth-order valence-electron chi connectivity index (χ4n) is 4.65. The third kappa shape index (κ3) is 4.84. The van der Waals surface area contributed by atoms with Gasteiger partial charge in [0.05, 0.1) is 39.2 Å². The van der Waals surface area contributed by atoms with Crippen LogP contribution in [0.15, 0.2) is 30.3 Å². The average molecular weight is 454 g/mol. The minimum atomic E-state index is -0.133. The summed E-state index contributed by atoms with van der Waals surface area (Å²) in [6, 6.07) is 9.40. The average Bonchev–Trinajstić information content (AvgIpc) is 2.83. The Labute approximate surface area is 194 Å². The van der Waals surface area contributed by atoms with Gasteiger partial charge in [-0.15, -0.1) is 0 Å². The van der Waals surface area contributed by atoms with Gasteiger partial charge in [-0.05, 0) is 43.2 Å². The molecule has 33 heavy (non-hydrogen) atoms. The lowest BCUT2D eigenvalue weighted by Gasteiger charge is -2.32. The summed E-state index contributed by atoms with van der Waals surface area (Å²) < 4.78 is 16.5. The molecule has 8 nitrogen and oxygen atoms in total. The topological polar surface area (TPSA) is 89.1 Å². The minimum absolute atomic E-state index is 0.0994. The largest absolute Gasteiger partial charge is 0.493 e. The molecule has 0 radical (unpaired) electrons. The van der Waals surface area contributed by atoms with E-state index in [9.17, 15) is 9.59 Å². The number of fused-ring (bicyclic) bond motifs is 1. The second-order valence-electron chi connectivity index (χ2n) is 8.44. The predicted octanol–water partition coefficient (Wildman–Crippen LogP) is 3.73. The molecule has 0 atom stereocenters. The van der Waals surface area contributed by atoms with E-state index in [1.54, 1.807) is 27.4 Å². The SMILES string of the molecule is COc1ccc(CN2CC(=O)Nc3cc(C(=O)NC4CCCCC4)ccc32)c(OC)c1OC. The number of rotatable bonds is 7. The van der Waals surface area contributed by atoms with Crippen molar-refractivity contribution < 1.29 is 23.8 Å². The number of nitrogens with zero attached hydrogens (tertiary/aromatic N) is 1. The molecular formula is C25H31N3O5. The van der Waals surface area contributed by atoms with E-state index in [2.05, 4.69) is 10.6 Å². The van der Waals surface area contributed by atoms with Crippen molar-refractivity contribution in [1.82, 2.24) is 5.32 Å². The Morgan fingerprint density at radius 1 is 1.03 bits per heavy atom. The highest BCUT2D eigenvalue weighted by Crippen LogP contribution is 2.41. The van der Waals surface area contributed by atoms with E-state index in [0.717, 1.165) is 36.9 Å². The monoisotopic (exact) mass is 453 g/mol. The number of hydrogen-bond acceptors (Lipinski definition) is 6. The first-order valence-electron chi connectivity index (χ1n) is 11.3. The second kappa shape index (κ2) is 10.0. The van der Waals surface area contributed by atoms with Gasteiger partial charge in [-0.2, -0.15) is 0 Å². The standard InChI is InChI=1S/C25H31N3O5/c1-31-21-12-10-17(23(32-2)24(21)33-3)14-28-15-22(29)27-19-13-16(9-11-20(19)28)25(30)26-18-7-5-4-6-8-18/h9-13,18H,4-8,14-15H2,1-3H3,(H,26,30)(H,27,29). The number of hydrogen-bond donors (Lipinski definition) is 2. The molecule has 0 aromatic heterocycles.